The zero-order chi connectivity index (χ0) is 21.4. The van der Waals surface area contributed by atoms with Crippen LogP contribution in [0.2, 0.25) is 0 Å². The molecule has 9 nitrogen and oxygen atoms in total. The molecule has 0 aliphatic rings. The van der Waals surface area contributed by atoms with Crippen molar-refractivity contribution in [3.05, 3.63) is 0 Å². The quantitative estimate of drug-likeness (QED) is 0.174. The molecule has 3 unspecified atom stereocenters. The topological polar surface area (TPSA) is 179 Å². The van der Waals surface area contributed by atoms with Gasteiger partial charge in [-0.15, -0.1) is 0 Å². The van der Waals surface area contributed by atoms with Gasteiger partial charge in [-0.3, -0.25) is 14.4 Å². The molecule has 0 aromatic heterocycles. The summed E-state index contributed by atoms with van der Waals surface area (Å²) >= 11 is 0. The standard InChI is InChI=1S/C19H40N6O3/c1-14(26)17(25-19(28)16(23)9-3-6-12-21)10-4-7-13-24-18(27)15(22)8-2-5-11-20/h15-17H,2-13,20-23H2,1H3,(H,24,27)(H,25,28). The minimum atomic E-state index is -0.631. The third-order valence-corrected chi connectivity index (χ3v) is 4.64. The molecule has 0 spiro atoms. The molecule has 0 saturated carbocycles. The highest BCUT2D eigenvalue weighted by Crippen LogP contribution is 2.05. The van der Waals surface area contributed by atoms with Crippen LogP contribution >= 0.6 is 0 Å². The van der Waals surface area contributed by atoms with Crippen LogP contribution in [0.15, 0.2) is 0 Å². The lowest BCUT2D eigenvalue weighted by molar-refractivity contribution is -0.128. The molecule has 0 rings (SSSR count). The normalized spacial score (nSPS) is 14.2. The number of carbonyl (C=O) groups excluding carboxylic acids is 3. The first-order chi connectivity index (χ1) is 13.3. The highest BCUT2D eigenvalue weighted by atomic mass is 16.2. The second-order valence-corrected chi connectivity index (χ2v) is 7.24. The van der Waals surface area contributed by atoms with E-state index in [1.165, 1.54) is 6.92 Å². The van der Waals surface area contributed by atoms with E-state index in [0.717, 1.165) is 25.7 Å². The number of rotatable bonds is 17. The van der Waals surface area contributed by atoms with Crippen molar-refractivity contribution >= 4 is 17.6 Å². The van der Waals surface area contributed by atoms with Crippen molar-refractivity contribution in [2.75, 3.05) is 19.6 Å². The van der Waals surface area contributed by atoms with Crippen molar-refractivity contribution in [2.24, 2.45) is 22.9 Å². The Bertz CT molecular complexity index is 461. The highest BCUT2D eigenvalue weighted by Gasteiger charge is 2.20. The van der Waals surface area contributed by atoms with Crippen LogP contribution in [0, 0.1) is 0 Å². The summed E-state index contributed by atoms with van der Waals surface area (Å²) in [5.74, 6) is -0.584. The number of hydrogen-bond donors (Lipinski definition) is 6. The van der Waals surface area contributed by atoms with E-state index >= 15 is 0 Å². The molecule has 0 aliphatic carbocycles. The fraction of sp³-hybridized carbons (Fsp3) is 0.842. The minimum absolute atomic E-state index is 0.103. The summed E-state index contributed by atoms with van der Waals surface area (Å²) in [5, 5.41) is 5.53. The molecule has 9 heteroatoms. The van der Waals surface area contributed by atoms with Gasteiger partial charge in [-0.1, -0.05) is 12.8 Å². The van der Waals surface area contributed by atoms with Gasteiger partial charge in [-0.25, -0.2) is 0 Å². The average molecular weight is 401 g/mol. The van der Waals surface area contributed by atoms with E-state index in [1.807, 2.05) is 0 Å². The molecule has 3 atom stereocenters. The fourth-order valence-electron chi connectivity index (χ4n) is 2.75. The molecule has 0 bridgehead atoms. The smallest absolute Gasteiger partial charge is 0.237 e. The van der Waals surface area contributed by atoms with Gasteiger partial charge in [0.15, 0.2) is 5.78 Å². The largest absolute Gasteiger partial charge is 0.355 e. The molecule has 2 amide bonds. The monoisotopic (exact) mass is 400 g/mol. The molecule has 0 aromatic rings. The third-order valence-electron chi connectivity index (χ3n) is 4.64. The number of carbonyl (C=O) groups is 3. The van der Waals surface area contributed by atoms with Crippen LogP contribution in [-0.4, -0.2) is 55.4 Å². The van der Waals surface area contributed by atoms with Gasteiger partial charge in [-0.2, -0.15) is 0 Å². The average Bonchev–Trinajstić information content (AvgIpc) is 2.66. The van der Waals surface area contributed by atoms with Crippen LogP contribution in [-0.2, 0) is 14.4 Å². The summed E-state index contributed by atoms with van der Waals surface area (Å²) in [6, 6.07) is -1.70. The van der Waals surface area contributed by atoms with E-state index in [9.17, 15) is 14.4 Å². The van der Waals surface area contributed by atoms with Gasteiger partial charge in [0.1, 0.15) is 0 Å². The lowest BCUT2D eigenvalue weighted by atomic mass is 10.0. The van der Waals surface area contributed by atoms with E-state index < -0.39 is 18.1 Å². The van der Waals surface area contributed by atoms with Crippen LogP contribution in [0.4, 0.5) is 0 Å². The zero-order valence-corrected chi connectivity index (χ0v) is 17.3. The Balaban J connectivity index is 4.08. The van der Waals surface area contributed by atoms with Crippen LogP contribution in [0.25, 0.3) is 0 Å². The van der Waals surface area contributed by atoms with Gasteiger partial charge in [0.2, 0.25) is 11.8 Å². The molecule has 164 valence electrons. The summed E-state index contributed by atoms with van der Waals surface area (Å²) in [6.07, 6.45) is 6.35. The van der Waals surface area contributed by atoms with Crippen molar-refractivity contribution in [2.45, 2.75) is 82.8 Å². The lowest BCUT2D eigenvalue weighted by Gasteiger charge is -2.19. The number of unbranched alkanes of at least 4 members (excludes halogenated alkanes) is 3. The van der Waals surface area contributed by atoms with Crippen molar-refractivity contribution in [3.63, 3.8) is 0 Å². The Kier molecular flexibility index (Phi) is 15.5. The molecule has 0 aliphatic heterocycles. The number of Topliss-reactive ketones (excluding diaryl/α,β-unsaturated/α-hetero) is 1. The molecule has 28 heavy (non-hydrogen) atoms. The van der Waals surface area contributed by atoms with Crippen molar-refractivity contribution in [1.82, 2.24) is 10.6 Å². The van der Waals surface area contributed by atoms with Gasteiger partial charge in [-0.05, 0) is 65.0 Å². The molecule has 10 N–H and O–H groups in total. The lowest BCUT2D eigenvalue weighted by Crippen LogP contribution is -2.48. The molecular weight excluding hydrogens is 360 g/mol. The van der Waals surface area contributed by atoms with E-state index in [0.29, 0.717) is 51.7 Å². The van der Waals surface area contributed by atoms with Crippen LogP contribution in [0.5, 0.6) is 0 Å². The van der Waals surface area contributed by atoms with Crippen molar-refractivity contribution in [1.29, 1.82) is 0 Å². The predicted molar refractivity (Wildman–Crippen MR) is 111 cm³/mol. The van der Waals surface area contributed by atoms with Crippen LogP contribution in [0.1, 0.15) is 64.7 Å². The second-order valence-electron chi connectivity index (χ2n) is 7.24. The number of ketones is 1. The molecule has 0 heterocycles. The Hall–Kier alpha value is -1.55. The second kappa shape index (κ2) is 16.4. The SMILES string of the molecule is CC(=O)C(CCCCNC(=O)C(N)CCCCN)NC(=O)C(N)CCCCN. The highest BCUT2D eigenvalue weighted by molar-refractivity contribution is 5.89. The van der Waals surface area contributed by atoms with Crippen molar-refractivity contribution in [3.8, 4) is 0 Å². The zero-order valence-electron chi connectivity index (χ0n) is 17.3. The Morgan fingerprint density at radius 3 is 1.75 bits per heavy atom. The van der Waals surface area contributed by atoms with Gasteiger partial charge < -0.3 is 33.6 Å². The molecule has 0 aromatic carbocycles. The summed E-state index contributed by atoms with van der Waals surface area (Å²) in [5.41, 5.74) is 22.5. The van der Waals surface area contributed by atoms with E-state index in [1.54, 1.807) is 0 Å². The maximum Gasteiger partial charge on any atom is 0.237 e. The van der Waals surface area contributed by atoms with E-state index in [2.05, 4.69) is 10.6 Å². The summed E-state index contributed by atoms with van der Waals surface area (Å²) in [7, 11) is 0. The first-order valence-corrected chi connectivity index (χ1v) is 10.3. The van der Waals surface area contributed by atoms with Gasteiger partial charge >= 0.3 is 0 Å². The fourth-order valence-corrected chi connectivity index (χ4v) is 2.75. The number of hydrogen-bond acceptors (Lipinski definition) is 7. The summed E-state index contributed by atoms with van der Waals surface area (Å²) in [4.78, 5) is 35.8. The van der Waals surface area contributed by atoms with E-state index in [4.69, 9.17) is 22.9 Å². The van der Waals surface area contributed by atoms with E-state index in [-0.39, 0.29) is 17.6 Å². The Morgan fingerprint density at radius 2 is 1.25 bits per heavy atom. The first-order valence-electron chi connectivity index (χ1n) is 10.3. The summed E-state index contributed by atoms with van der Waals surface area (Å²) < 4.78 is 0. The van der Waals surface area contributed by atoms with Gasteiger partial charge in [0.05, 0.1) is 18.1 Å². The molecular formula is C19H40N6O3. The molecule has 0 radical (unpaired) electrons. The number of amides is 2. The minimum Gasteiger partial charge on any atom is -0.355 e. The maximum atomic E-state index is 12.1. The maximum absolute atomic E-state index is 12.1. The Labute approximate surface area is 168 Å². The molecule has 0 saturated heterocycles. The van der Waals surface area contributed by atoms with Crippen LogP contribution in [0.3, 0.4) is 0 Å². The van der Waals surface area contributed by atoms with Crippen molar-refractivity contribution < 1.29 is 14.4 Å². The van der Waals surface area contributed by atoms with Gasteiger partial charge in [0.25, 0.3) is 0 Å². The third kappa shape index (κ3) is 12.8. The number of nitrogens with one attached hydrogen (secondary N) is 2. The first kappa shape index (κ1) is 26.4. The predicted octanol–water partition coefficient (Wildman–Crippen LogP) is -0.741. The van der Waals surface area contributed by atoms with Gasteiger partial charge in [0, 0.05) is 6.54 Å². The van der Waals surface area contributed by atoms with Crippen LogP contribution < -0.4 is 33.6 Å². The molecule has 0 fully saturated rings. The number of nitrogens with two attached hydrogens (primary N) is 4. The Morgan fingerprint density at radius 1 is 0.750 bits per heavy atom. The summed E-state index contributed by atoms with van der Waals surface area (Å²) in [6.45, 7) is 3.11.